The van der Waals surface area contributed by atoms with E-state index < -0.39 is 63.1 Å². The highest BCUT2D eigenvalue weighted by atomic mass is 31.2. The molecule has 0 aromatic heterocycles. The Bertz CT molecular complexity index is 921. The Kier molecular flexibility index (Phi) is 29.6. The molecule has 0 aromatic carbocycles. The van der Waals surface area contributed by atoms with Gasteiger partial charge in [-0.25, -0.2) is 4.57 Å². The molecule has 308 valence electrons. The van der Waals surface area contributed by atoms with Crippen molar-refractivity contribution in [1.29, 1.82) is 0 Å². The minimum absolute atomic E-state index is 0.0764. The summed E-state index contributed by atoms with van der Waals surface area (Å²) in [5, 5.41) is 50.0. The molecule has 0 bridgehead atoms. The zero-order chi connectivity index (χ0) is 38.5. The fourth-order valence-electron chi connectivity index (χ4n) is 6.28. The van der Waals surface area contributed by atoms with Gasteiger partial charge in [0.15, 0.2) is 0 Å². The monoisotopic (exact) mass is 766 g/mol. The highest BCUT2D eigenvalue weighted by Gasteiger charge is 2.51. The number of unbranched alkanes of at least 4 members (excludes halogenated alkanes) is 20. The van der Waals surface area contributed by atoms with Gasteiger partial charge in [-0.05, 0) is 32.1 Å². The third-order valence-corrected chi connectivity index (χ3v) is 10.6. The van der Waals surface area contributed by atoms with Crippen LogP contribution in [0, 0.1) is 0 Å². The fourth-order valence-corrected chi connectivity index (χ4v) is 7.25. The lowest BCUT2D eigenvalue weighted by molar-refractivity contribution is -0.220. The maximum Gasteiger partial charge on any atom is 0.472 e. The number of hydrogen-bond donors (Lipinski definition) is 6. The van der Waals surface area contributed by atoms with E-state index >= 15 is 0 Å². The normalized spacial score (nSPS) is 23.9. The summed E-state index contributed by atoms with van der Waals surface area (Å²) < 4.78 is 34.0. The number of phosphoric acid groups is 1. The predicted octanol–water partition coefficient (Wildman–Crippen LogP) is 7.19. The first-order chi connectivity index (χ1) is 25.0. The zero-order valence-corrected chi connectivity index (χ0v) is 33.3. The van der Waals surface area contributed by atoms with Crippen molar-refractivity contribution in [2.75, 3.05) is 19.8 Å². The number of ether oxygens (including phenoxy) is 2. The van der Waals surface area contributed by atoms with Crippen LogP contribution >= 0.6 is 7.82 Å². The number of aliphatic hydroxyl groups excluding tert-OH is 5. The van der Waals surface area contributed by atoms with Crippen molar-refractivity contribution in [2.45, 2.75) is 211 Å². The fraction of sp³-hybridized carbons (Fsp3) is 0.923. The summed E-state index contributed by atoms with van der Waals surface area (Å²) in [6.07, 6.45) is 18.6. The molecule has 0 amide bonds. The molecule has 52 heavy (non-hydrogen) atoms. The molecule has 1 saturated carbocycles. The van der Waals surface area contributed by atoms with Gasteiger partial charge in [-0.2, -0.15) is 0 Å². The number of allylic oxidation sites excluding steroid dienone is 2. The van der Waals surface area contributed by atoms with Gasteiger partial charge in [0.1, 0.15) is 42.7 Å². The SMILES string of the molecule is CCCC/C=C\CCCCCCCCOCC(COP(=O)(O)OC1C(O)C(O)C(O)C(O)C1O)OC(=O)CCCCCCCCCCCCCCC. The summed E-state index contributed by atoms with van der Waals surface area (Å²) in [7, 11) is -5.01. The molecule has 1 aliphatic carbocycles. The summed E-state index contributed by atoms with van der Waals surface area (Å²) in [6.45, 7) is 4.20. The van der Waals surface area contributed by atoms with Gasteiger partial charge in [0.25, 0.3) is 0 Å². The third kappa shape index (κ3) is 23.8. The van der Waals surface area contributed by atoms with Crippen LogP contribution < -0.4 is 0 Å². The topological polar surface area (TPSA) is 192 Å². The molecule has 6 unspecified atom stereocenters. The largest absolute Gasteiger partial charge is 0.472 e. The summed E-state index contributed by atoms with van der Waals surface area (Å²) in [5.41, 5.74) is 0. The molecule has 13 heteroatoms. The van der Waals surface area contributed by atoms with Gasteiger partial charge >= 0.3 is 13.8 Å². The molecule has 1 fully saturated rings. The summed E-state index contributed by atoms with van der Waals surface area (Å²) in [6, 6.07) is 0. The number of hydrogen-bond acceptors (Lipinski definition) is 11. The Balaban J connectivity index is 2.45. The molecule has 1 aliphatic rings. The van der Waals surface area contributed by atoms with Crippen molar-refractivity contribution in [3.63, 3.8) is 0 Å². The molecule has 0 spiro atoms. The first-order valence-corrected chi connectivity index (χ1v) is 22.0. The molecule has 0 aromatic rings. The van der Waals surface area contributed by atoms with E-state index in [4.69, 9.17) is 18.5 Å². The Hall–Kier alpha value is -0.920. The number of esters is 1. The second kappa shape index (κ2) is 31.3. The molecule has 0 radical (unpaired) electrons. The molecular formula is C39H75O12P. The highest BCUT2D eigenvalue weighted by molar-refractivity contribution is 7.47. The van der Waals surface area contributed by atoms with E-state index in [0.717, 1.165) is 57.8 Å². The molecule has 1 rings (SSSR count). The number of carbonyl (C=O) groups excluding carboxylic acids is 1. The van der Waals surface area contributed by atoms with E-state index in [1.165, 1.54) is 83.5 Å². The van der Waals surface area contributed by atoms with Crippen molar-refractivity contribution in [3.05, 3.63) is 12.2 Å². The molecule has 0 heterocycles. The van der Waals surface area contributed by atoms with Crippen molar-refractivity contribution >= 4 is 13.8 Å². The number of rotatable bonds is 34. The van der Waals surface area contributed by atoms with Gasteiger partial charge in [-0.1, -0.05) is 142 Å². The first-order valence-electron chi connectivity index (χ1n) is 20.5. The second-order valence-electron chi connectivity index (χ2n) is 14.5. The van der Waals surface area contributed by atoms with Crippen LogP contribution in [0.3, 0.4) is 0 Å². The van der Waals surface area contributed by atoms with Gasteiger partial charge in [-0.15, -0.1) is 0 Å². The van der Waals surface area contributed by atoms with Crippen LogP contribution in [-0.2, 0) is 27.9 Å². The van der Waals surface area contributed by atoms with E-state index in [-0.39, 0.29) is 13.0 Å². The maximum absolute atomic E-state index is 12.7. The summed E-state index contributed by atoms with van der Waals surface area (Å²) in [5.74, 6) is -0.479. The zero-order valence-electron chi connectivity index (χ0n) is 32.4. The van der Waals surface area contributed by atoms with E-state index in [0.29, 0.717) is 13.0 Å². The quantitative estimate of drug-likeness (QED) is 0.0167. The number of aliphatic hydroxyl groups is 5. The molecule has 0 saturated heterocycles. The van der Waals surface area contributed by atoms with E-state index in [2.05, 4.69) is 26.0 Å². The lowest BCUT2D eigenvalue weighted by Crippen LogP contribution is -2.64. The lowest BCUT2D eigenvalue weighted by Gasteiger charge is -2.41. The number of phosphoric ester groups is 1. The van der Waals surface area contributed by atoms with Gasteiger partial charge in [0.05, 0.1) is 13.2 Å². The van der Waals surface area contributed by atoms with Crippen LogP contribution in [0.2, 0.25) is 0 Å². The molecular weight excluding hydrogens is 691 g/mol. The van der Waals surface area contributed by atoms with Crippen LogP contribution in [-0.4, -0.2) is 98.9 Å². The van der Waals surface area contributed by atoms with Crippen molar-refractivity contribution in [2.24, 2.45) is 0 Å². The number of carbonyl (C=O) groups is 1. The van der Waals surface area contributed by atoms with E-state index in [9.17, 15) is 39.8 Å². The Morgan fingerprint density at radius 2 is 1.04 bits per heavy atom. The Morgan fingerprint density at radius 1 is 0.596 bits per heavy atom. The van der Waals surface area contributed by atoms with Crippen LogP contribution in [0.1, 0.15) is 168 Å². The third-order valence-electron chi connectivity index (χ3n) is 9.64. The highest BCUT2D eigenvalue weighted by Crippen LogP contribution is 2.47. The maximum atomic E-state index is 12.7. The standard InChI is InChI=1S/C39H75O12P/c1-3-5-7-9-11-13-15-17-18-20-22-24-26-28-33(40)50-32(30-48-29-27-25-23-21-19-16-14-12-10-8-6-4-2)31-49-52(46,47)51-39-37(44)35(42)34(41)36(43)38(39)45/h10,12,32,34-39,41-45H,3-9,11,13-31H2,1-2H3,(H,46,47)/b12-10-. The second-order valence-corrected chi connectivity index (χ2v) is 15.9. The average Bonchev–Trinajstić information content (AvgIpc) is 3.12. The molecule has 0 aliphatic heterocycles. The van der Waals surface area contributed by atoms with Crippen LogP contribution in [0.15, 0.2) is 12.2 Å². The van der Waals surface area contributed by atoms with Gasteiger partial charge in [0.2, 0.25) is 0 Å². The minimum atomic E-state index is -5.01. The lowest BCUT2D eigenvalue weighted by atomic mass is 9.85. The molecule has 12 nitrogen and oxygen atoms in total. The van der Waals surface area contributed by atoms with Gasteiger partial charge in [0, 0.05) is 13.0 Å². The smallest absolute Gasteiger partial charge is 0.457 e. The van der Waals surface area contributed by atoms with Crippen molar-refractivity contribution in [3.8, 4) is 0 Å². The summed E-state index contributed by atoms with van der Waals surface area (Å²) in [4.78, 5) is 23.0. The van der Waals surface area contributed by atoms with E-state index in [1.807, 2.05) is 0 Å². The van der Waals surface area contributed by atoms with Gasteiger partial charge < -0.3 is 39.9 Å². The average molecular weight is 767 g/mol. The predicted molar refractivity (Wildman–Crippen MR) is 203 cm³/mol. The Labute approximate surface area is 314 Å². The molecule has 6 atom stereocenters. The van der Waals surface area contributed by atoms with Crippen LogP contribution in [0.4, 0.5) is 0 Å². The first kappa shape index (κ1) is 49.1. The minimum Gasteiger partial charge on any atom is -0.457 e. The van der Waals surface area contributed by atoms with Gasteiger partial charge in [-0.3, -0.25) is 13.8 Å². The Morgan fingerprint density at radius 3 is 1.58 bits per heavy atom. The van der Waals surface area contributed by atoms with Crippen LogP contribution in [0.25, 0.3) is 0 Å². The van der Waals surface area contributed by atoms with Crippen molar-refractivity contribution < 1.29 is 58.3 Å². The summed E-state index contributed by atoms with van der Waals surface area (Å²) >= 11 is 0. The molecule has 6 N–H and O–H groups in total. The van der Waals surface area contributed by atoms with Crippen LogP contribution in [0.5, 0.6) is 0 Å². The van der Waals surface area contributed by atoms with E-state index in [1.54, 1.807) is 0 Å². The van der Waals surface area contributed by atoms with Crippen molar-refractivity contribution in [1.82, 2.24) is 0 Å².